The van der Waals surface area contributed by atoms with Crippen LogP contribution in [0.5, 0.6) is 0 Å². The second-order valence-corrected chi connectivity index (χ2v) is 7.75. The van der Waals surface area contributed by atoms with E-state index in [1.807, 2.05) is 53.6 Å². The third-order valence-corrected chi connectivity index (χ3v) is 5.92. The number of anilines is 1. The van der Waals surface area contributed by atoms with Gasteiger partial charge in [-0.25, -0.2) is 9.50 Å². The number of nitrogens with zero attached hydrogens (tertiary/aromatic N) is 6. The van der Waals surface area contributed by atoms with Crippen molar-refractivity contribution in [1.82, 2.24) is 19.6 Å². The first-order valence-corrected chi connectivity index (χ1v) is 10.5. The highest BCUT2D eigenvalue weighted by atomic mass is 15.2. The molecule has 5 aromatic rings. The lowest BCUT2D eigenvalue weighted by atomic mass is 10.0. The Morgan fingerprint density at radius 1 is 0.781 bits per heavy atom. The molecule has 0 spiro atoms. The van der Waals surface area contributed by atoms with Crippen molar-refractivity contribution in [2.45, 2.75) is 7.43 Å². The Morgan fingerprint density at radius 2 is 1.59 bits per heavy atom. The van der Waals surface area contributed by atoms with Crippen LogP contribution in [-0.2, 0) is 0 Å². The van der Waals surface area contributed by atoms with Gasteiger partial charge in [-0.3, -0.25) is 4.98 Å². The molecule has 160 valence electrons. The minimum atomic E-state index is 0. The summed E-state index contributed by atoms with van der Waals surface area (Å²) in [6, 6.07) is 18.9. The summed E-state index contributed by atoms with van der Waals surface area (Å²) in [5.41, 5.74) is 7.34. The normalized spacial score (nSPS) is 13.9. The molecule has 0 saturated carbocycles. The van der Waals surface area contributed by atoms with Crippen LogP contribution >= 0.6 is 0 Å². The lowest BCUT2D eigenvalue weighted by Gasteiger charge is -2.37. The molecule has 0 aliphatic carbocycles. The Hall–Kier alpha value is -3.77. The van der Waals surface area contributed by atoms with E-state index in [4.69, 9.17) is 4.98 Å². The summed E-state index contributed by atoms with van der Waals surface area (Å²) in [5, 5.41) is 10.1. The highest BCUT2D eigenvalue weighted by Gasteiger charge is 2.13. The van der Waals surface area contributed by atoms with Crippen LogP contribution in [0.3, 0.4) is 0 Å². The topological polar surface area (TPSA) is 60.4 Å². The third-order valence-electron chi connectivity index (χ3n) is 5.92. The number of aromatic nitrogens is 4. The molecule has 6 nitrogen and oxygen atoms in total. The fraction of sp³-hybridized carbons (Fsp3) is 0.192. The van der Waals surface area contributed by atoms with Crippen molar-refractivity contribution in [2.24, 2.45) is 0 Å². The number of benzene rings is 2. The fourth-order valence-corrected chi connectivity index (χ4v) is 4.27. The Bertz CT molecular complexity index is 1360. The number of hydrogen-bond acceptors (Lipinski definition) is 4. The molecular formula is C26H25N6-. The fourth-order valence-electron chi connectivity index (χ4n) is 4.27. The third kappa shape index (κ3) is 3.48. The summed E-state index contributed by atoms with van der Waals surface area (Å²) >= 11 is 0. The van der Waals surface area contributed by atoms with Crippen LogP contribution in [0.15, 0.2) is 79.4 Å². The average molecular weight is 422 g/mol. The van der Waals surface area contributed by atoms with Crippen LogP contribution in [0.1, 0.15) is 7.43 Å². The second kappa shape index (κ2) is 8.40. The van der Waals surface area contributed by atoms with Crippen molar-refractivity contribution >= 4 is 22.2 Å². The molecule has 1 fully saturated rings. The monoisotopic (exact) mass is 421 g/mol. The van der Waals surface area contributed by atoms with Crippen molar-refractivity contribution in [3.63, 3.8) is 0 Å². The number of fused-ring (bicyclic) bond motifs is 2. The maximum atomic E-state index is 4.77. The molecule has 2 aromatic carbocycles. The van der Waals surface area contributed by atoms with Gasteiger partial charge in [-0.05, 0) is 48.5 Å². The van der Waals surface area contributed by atoms with Gasteiger partial charge in [0.05, 0.1) is 11.7 Å². The predicted molar refractivity (Wildman–Crippen MR) is 131 cm³/mol. The molecule has 0 bridgehead atoms. The molecule has 6 heteroatoms. The van der Waals surface area contributed by atoms with Crippen LogP contribution in [-0.4, -0.2) is 45.8 Å². The zero-order valence-electron chi connectivity index (χ0n) is 17.0. The Morgan fingerprint density at radius 3 is 2.44 bits per heavy atom. The number of pyridine rings is 1. The molecule has 0 radical (unpaired) electrons. The molecule has 3 aromatic heterocycles. The lowest BCUT2D eigenvalue weighted by molar-refractivity contribution is 0.759. The van der Waals surface area contributed by atoms with E-state index in [0.29, 0.717) is 0 Å². The first kappa shape index (κ1) is 20.2. The summed E-state index contributed by atoms with van der Waals surface area (Å²) in [5.74, 6) is 0. The standard InChI is InChI=1S/C25H21N6.CH4/c1-2-4-24-22(3-1)21(9-10-27-24)23-16-29-31-17-19(15-28-25(23)31)18-5-7-20(8-6-18)30-13-11-26-12-14-30;/h1-10,15-17H,11-14H2;1H4/q-1;. The number of para-hydroxylation sites is 1. The summed E-state index contributed by atoms with van der Waals surface area (Å²) in [4.78, 5) is 11.6. The van der Waals surface area contributed by atoms with Gasteiger partial charge in [0.2, 0.25) is 0 Å². The van der Waals surface area contributed by atoms with E-state index in [0.717, 1.165) is 65.0 Å². The molecular weight excluding hydrogens is 396 g/mol. The highest BCUT2D eigenvalue weighted by molar-refractivity contribution is 5.97. The van der Waals surface area contributed by atoms with Gasteiger partial charge in [0.1, 0.15) is 0 Å². The van der Waals surface area contributed by atoms with Crippen LogP contribution in [0.2, 0.25) is 0 Å². The van der Waals surface area contributed by atoms with Crippen molar-refractivity contribution in [2.75, 3.05) is 31.1 Å². The van der Waals surface area contributed by atoms with Gasteiger partial charge in [0, 0.05) is 40.8 Å². The van der Waals surface area contributed by atoms with E-state index in [1.165, 1.54) is 5.69 Å². The van der Waals surface area contributed by atoms with Crippen LogP contribution < -0.4 is 4.90 Å². The maximum Gasteiger partial charge on any atom is 0.162 e. The summed E-state index contributed by atoms with van der Waals surface area (Å²) < 4.78 is 1.86. The summed E-state index contributed by atoms with van der Waals surface area (Å²) in [6.45, 7) is 3.81. The van der Waals surface area contributed by atoms with Gasteiger partial charge in [0.15, 0.2) is 5.65 Å². The van der Waals surface area contributed by atoms with Crippen molar-refractivity contribution in [1.29, 1.82) is 0 Å². The van der Waals surface area contributed by atoms with E-state index in [2.05, 4.69) is 50.6 Å². The van der Waals surface area contributed by atoms with Crippen molar-refractivity contribution in [3.05, 3.63) is 84.7 Å². The minimum absolute atomic E-state index is 0. The number of rotatable bonds is 3. The molecule has 0 N–H and O–H groups in total. The summed E-state index contributed by atoms with van der Waals surface area (Å²) in [7, 11) is 0. The van der Waals surface area contributed by atoms with Crippen LogP contribution in [0.4, 0.5) is 5.69 Å². The van der Waals surface area contributed by atoms with Gasteiger partial charge >= 0.3 is 0 Å². The quantitative estimate of drug-likeness (QED) is 0.389. The first-order chi connectivity index (χ1) is 15.4. The Balaban J connectivity index is 0.00000216. The van der Waals surface area contributed by atoms with Crippen LogP contribution in [0.25, 0.3) is 44.1 Å². The molecule has 1 aliphatic heterocycles. The van der Waals surface area contributed by atoms with Crippen LogP contribution in [0, 0.1) is 0 Å². The average Bonchev–Trinajstić information content (AvgIpc) is 3.27. The van der Waals surface area contributed by atoms with Crippen molar-refractivity contribution in [3.8, 4) is 22.3 Å². The number of piperazine rings is 1. The largest absolute Gasteiger partial charge is 0.659 e. The number of hydrogen-bond donors (Lipinski definition) is 0. The van der Waals surface area contributed by atoms with Gasteiger partial charge in [-0.1, -0.05) is 37.8 Å². The highest BCUT2D eigenvalue weighted by Crippen LogP contribution is 2.31. The van der Waals surface area contributed by atoms with Gasteiger partial charge in [-0.15, -0.1) is 13.1 Å². The van der Waals surface area contributed by atoms with E-state index in [1.54, 1.807) is 0 Å². The zero-order valence-corrected chi connectivity index (χ0v) is 17.0. The van der Waals surface area contributed by atoms with Gasteiger partial charge < -0.3 is 10.2 Å². The molecule has 1 aliphatic rings. The zero-order chi connectivity index (χ0) is 20.6. The van der Waals surface area contributed by atoms with Crippen molar-refractivity contribution < 1.29 is 0 Å². The molecule has 4 heterocycles. The smallest absolute Gasteiger partial charge is 0.162 e. The molecule has 32 heavy (non-hydrogen) atoms. The van der Waals surface area contributed by atoms with E-state index in [9.17, 15) is 0 Å². The van der Waals surface area contributed by atoms with E-state index < -0.39 is 0 Å². The molecule has 0 unspecified atom stereocenters. The lowest BCUT2D eigenvalue weighted by Crippen LogP contribution is -2.33. The molecule has 6 rings (SSSR count). The molecule has 0 atom stereocenters. The Labute approximate surface area is 187 Å². The Kier molecular flexibility index (Phi) is 5.29. The van der Waals surface area contributed by atoms with E-state index >= 15 is 0 Å². The maximum absolute atomic E-state index is 4.77. The second-order valence-electron chi connectivity index (χ2n) is 7.75. The predicted octanol–water partition coefficient (Wildman–Crippen LogP) is 5.44. The molecule has 1 saturated heterocycles. The van der Waals surface area contributed by atoms with E-state index in [-0.39, 0.29) is 7.43 Å². The first-order valence-electron chi connectivity index (χ1n) is 10.5. The van der Waals surface area contributed by atoms with Gasteiger partial charge in [0.25, 0.3) is 0 Å². The summed E-state index contributed by atoms with van der Waals surface area (Å²) in [6.07, 6.45) is 7.70. The molecule has 0 amide bonds. The minimum Gasteiger partial charge on any atom is -0.659 e. The van der Waals surface area contributed by atoms with Gasteiger partial charge in [-0.2, -0.15) is 5.10 Å². The SMILES string of the molecule is C.c1ccc2c(-c3cnn4cc(-c5ccc(N6CC[N-]CC6)cc5)cnc34)ccnc2c1.